The van der Waals surface area contributed by atoms with E-state index >= 15 is 4.57 Å². The molecule has 0 aliphatic carbocycles. The number of benzene rings is 6. The van der Waals surface area contributed by atoms with Gasteiger partial charge < -0.3 is 8.98 Å². The van der Waals surface area contributed by atoms with Crippen LogP contribution in [0, 0.1) is 0 Å². The van der Waals surface area contributed by atoms with Gasteiger partial charge in [0.05, 0.1) is 0 Å². The molecule has 3 aromatic heterocycles. The second-order valence-corrected chi connectivity index (χ2v) is 14.4. The van der Waals surface area contributed by atoms with E-state index in [0.29, 0.717) is 5.71 Å². The van der Waals surface area contributed by atoms with Crippen LogP contribution in [0.15, 0.2) is 168 Å². The van der Waals surface area contributed by atoms with Crippen molar-refractivity contribution < 1.29 is 8.98 Å². The topological polar surface area (TPSA) is 47.5 Å². The first kappa shape index (κ1) is 26.7. The Bertz CT molecular complexity index is 2570. The Hall–Kier alpha value is -5.70. The van der Waals surface area contributed by atoms with Crippen molar-refractivity contribution >= 4 is 61.7 Å². The quantitative estimate of drug-likeness (QED) is 0.183. The lowest BCUT2D eigenvalue weighted by atomic mass is 9.95. The molecular formula is C41H27N2O2P. The molecule has 9 aromatic rings. The van der Waals surface area contributed by atoms with Gasteiger partial charge in [-0.15, -0.1) is 0 Å². The SMILES string of the molecule is O=P(c1ccccc1)(c1ccccc1)c1cc(-c2ccc3nc4c5ccccc5oc4n3c2)cc(-c2cccc3ccccc23)c1. The van der Waals surface area contributed by atoms with E-state index in [-0.39, 0.29) is 0 Å². The molecule has 0 fully saturated rings. The van der Waals surface area contributed by atoms with Gasteiger partial charge in [0.1, 0.15) is 16.7 Å². The minimum absolute atomic E-state index is 0.711. The number of imidazole rings is 1. The molecule has 0 bridgehead atoms. The van der Waals surface area contributed by atoms with Crippen molar-refractivity contribution in [2.45, 2.75) is 0 Å². The van der Waals surface area contributed by atoms with Gasteiger partial charge in [-0.25, -0.2) is 4.98 Å². The zero-order chi connectivity index (χ0) is 30.7. The molecule has 0 amide bonds. The van der Waals surface area contributed by atoms with Crippen LogP contribution >= 0.6 is 7.14 Å². The molecule has 0 saturated carbocycles. The second kappa shape index (κ2) is 10.4. The minimum Gasteiger partial charge on any atom is -0.437 e. The average Bonchev–Trinajstić information content (AvgIpc) is 3.67. The Labute approximate surface area is 265 Å². The lowest BCUT2D eigenvalue weighted by Crippen LogP contribution is -2.25. The fourth-order valence-corrected chi connectivity index (χ4v) is 9.36. The predicted octanol–water partition coefficient (Wildman–Crippen LogP) is 9.36. The maximum absolute atomic E-state index is 15.7. The van der Waals surface area contributed by atoms with Crippen LogP contribution in [0.25, 0.3) is 60.9 Å². The molecule has 0 aliphatic rings. The first-order valence-electron chi connectivity index (χ1n) is 15.3. The number of pyridine rings is 1. The Balaban J connectivity index is 1.33. The second-order valence-electron chi connectivity index (χ2n) is 11.6. The molecule has 0 saturated heterocycles. The number of rotatable bonds is 5. The van der Waals surface area contributed by atoms with E-state index in [1.165, 1.54) is 0 Å². The smallest absolute Gasteiger partial charge is 0.232 e. The predicted molar refractivity (Wildman–Crippen MR) is 190 cm³/mol. The summed E-state index contributed by atoms with van der Waals surface area (Å²) in [5.41, 5.74) is 7.22. The molecule has 4 nitrogen and oxygen atoms in total. The molecule has 0 spiro atoms. The summed E-state index contributed by atoms with van der Waals surface area (Å²) in [5, 5.41) is 5.69. The first-order chi connectivity index (χ1) is 22.7. The highest BCUT2D eigenvalue weighted by atomic mass is 31.2. The van der Waals surface area contributed by atoms with E-state index in [9.17, 15) is 0 Å². The van der Waals surface area contributed by atoms with Gasteiger partial charge >= 0.3 is 0 Å². The van der Waals surface area contributed by atoms with Crippen molar-refractivity contribution in [2.24, 2.45) is 0 Å². The van der Waals surface area contributed by atoms with E-state index in [4.69, 9.17) is 9.40 Å². The normalized spacial score (nSPS) is 12.0. The monoisotopic (exact) mass is 610 g/mol. The Morgan fingerprint density at radius 2 is 1.20 bits per heavy atom. The summed E-state index contributed by atoms with van der Waals surface area (Å²) < 4.78 is 24.0. The maximum atomic E-state index is 15.7. The van der Waals surface area contributed by atoms with Crippen LogP contribution in [0.1, 0.15) is 0 Å². The molecule has 218 valence electrons. The first-order valence-corrected chi connectivity index (χ1v) is 17.0. The highest BCUT2D eigenvalue weighted by molar-refractivity contribution is 7.85. The summed E-state index contributed by atoms with van der Waals surface area (Å²) >= 11 is 0. The van der Waals surface area contributed by atoms with Gasteiger partial charge in [0, 0.05) is 27.5 Å². The van der Waals surface area contributed by atoms with Gasteiger partial charge in [-0.05, 0) is 75.5 Å². The Kier molecular flexibility index (Phi) is 6.06. The zero-order valence-electron chi connectivity index (χ0n) is 24.7. The van der Waals surface area contributed by atoms with Crippen LogP contribution in [0.4, 0.5) is 0 Å². The maximum Gasteiger partial charge on any atom is 0.232 e. The third-order valence-electron chi connectivity index (χ3n) is 8.88. The fraction of sp³-hybridized carbons (Fsp3) is 0. The molecule has 0 radical (unpaired) electrons. The largest absolute Gasteiger partial charge is 0.437 e. The molecule has 0 aliphatic heterocycles. The lowest BCUT2D eigenvalue weighted by Gasteiger charge is -2.22. The molecule has 5 heteroatoms. The molecule has 9 rings (SSSR count). The van der Waals surface area contributed by atoms with E-state index in [1.54, 1.807) is 0 Å². The van der Waals surface area contributed by atoms with Crippen LogP contribution < -0.4 is 15.9 Å². The van der Waals surface area contributed by atoms with Crippen molar-refractivity contribution in [3.63, 3.8) is 0 Å². The van der Waals surface area contributed by atoms with Gasteiger partial charge in [-0.2, -0.15) is 0 Å². The van der Waals surface area contributed by atoms with Gasteiger partial charge in [-0.1, -0.05) is 115 Å². The third-order valence-corrected chi connectivity index (χ3v) is 11.9. The molecule has 6 aromatic carbocycles. The standard InChI is InChI=1S/C41H27N2O2P/c44-46(32-14-3-1-4-15-32,33-16-5-2-6-17-33)34-25-30(24-31(26-34)36-20-11-13-28-12-7-8-18-35(28)36)29-22-23-39-42-40-37-19-9-10-21-38(37)45-41(40)43(39)27-29/h1-27H. The number of nitrogens with zero attached hydrogens (tertiary/aromatic N) is 2. The minimum atomic E-state index is -3.26. The molecule has 0 unspecified atom stereocenters. The third kappa shape index (κ3) is 4.15. The van der Waals surface area contributed by atoms with Crippen molar-refractivity contribution in [1.82, 2.24) is 9.38 Å². The summed E-state index contributed by atoms with van der Waals surface area (Å²) in [6, 6.07) is 53.0. The number of fused-ring (bicyclic) bond motifs is 6. The number of hydrogen-bond acceptors (Lipinski definition) is 3. The van der Waals surface area contributed by atoms with Gasteiger partial charge in [-0.3, -0.25) is 4.40 Å². The highest BCUT2D eigenvalue weighted by Crippen LogP contribution is 2.45. The van der Waals surface area contributed by atoms with Crippen LogP contribution in [-0.2, 0) is 4.57 Å². The summed E-state index contributed by atoms with van der Waals surface area (Å²) in [6.45, 7) is 0. The van der Waals surface area contributed by atoms with Crippen molar-refractivity contribution in [3.05, 3.63) is 164 Å². The van der Waals surface area contributed by atoms with Gasteiger partial charge in [0.25, 0.3) is 0 Å². The van der Waals surface area contributed by atoms with E-state index in [1.807, 2.05) is 95.4 Å². The van der Waals surface area contributed by atoms with E-state index < -0.39 is 7.14 Å². The van der Waals surface area contributed by atoms with E-state index in [0.717, 1.165) is 71.1 Å². The molecule has 46 heavy (non-hydrogen) atoms. The Morgan fingerprint density at radius 1 is 0.543 bits per heavy atom. The summed E-state index contributed by atoms with van der Waals surface area (Å²) in [6.07, 6.45) is 2.08. The van der Waals surface area contributed by atoms with Crippen LogP contribution in [0.5, 0.6) is 0 Å². The fourth-order valence-electron chi connectivity index (χ4n) is 6.64. The summed E-state index contributed by atoms with van der Waals surface area (Å²) in [7, 11) is -3.26. The van der Waals surface area contributed by atoms with E-state index in [2.05, 4.69) is 72.9 Å². The lowest BCUT2D eigenvalue weighted by molar-refractivity contribution is 0.592. The zero-order valence-corrected chi connectivity index (χ0v) is 25.6. The van der Waals surface area contributed by atoms with Crippen molar-refractivity contribution in [3.8, 4) is 22.3 Å². The van der Waals surface area contributed by atoms with Crippen LogP contribution in [0.2, 0.25) is 0 Å². The summed E-state index contributed by atoms with van der Waals surface area (Å²) in [4.78, 5) is 4.90. The van der Waals surface area contributed by atoms with Gasteiger partial charge in [0.2, 0.25) is 5.71 Å². The molecule has 0 atom stereocenters. The molecule has 0 N–H and O–H groups in total. The summed E-state index contributed by atoms with van der Waals surface area (Å²) in [5.74, 6) is 0. The van der Waals surface area contributed by atoms with Crippen molar-refractivity contribution in [2.75, 3.05) is 0 Å². The number of furan rings is 1. The van der Waals surface area contributed by atoms with Crippen LogP contribution in [0.3, 0.4) is 0 Å². The number of aromatic nitrogens is 2. The van der Waals surface area contributed by atoms with Crippen LogP contribution in [-0.4, -0.2) is 9.38 Å². The molecular weight excluding hydrogens is 583 g/mol. The number of hydrogen-bond donors (Lipinski definition) is 0. The van der Waals surface area contributed by atoms with Gasteiger partial charge in [0.15, 0.2) is 7.14 Å². The highest BCUT2D eigenvalue weighted by Gasteiger charge is 2.31. The molecule has 3 heterocycles. The number of para-hydroxylation sites is 1. The van der Waals surface area contributed by atoms with Crippen molar-refractivity contribution in [1.29, 1.82) is 0 Å². The average molecular weight is 611 g/mol. The Morgan fingerprint density at radius 3 is 1.98 bits per heavy atom.